The van der Waals surface area contributed by atoms with Gasteiger partial charge < -0.3 is 10.2 Å². The second-order valence-corrected chi connectivity index (χ2v) is 3.30. The highest BCUT2D eigenvalue weighted by Gasteiger charge is 2.15. The number of nitrogens with one attached hydrogen (secondary N) is 1. The highest BCUT2D eigenvalue weighted by molar-refractivity contribution is 5.79. The molecule has 0 aromatic rings. The summed E-state index contributed by atoms with van der Waals surface area (Å²) in [5, 5.41) is 2.58. The highest BCUT2D eigenvalue weighted by atomic mass is 16.1. The molecule has 0 bridgehead atoms. The van der Waals surface area contributed by atoms with Crippen molar-refractivity contribution < 1.29 is 9.59 Å². The van der Waals surface area contributed by atoms with Crippen LogP contribution in [0, 0.1) is 0 Å². The van der Waals surface area contributed by atoms with Gasteiger partial charge in [-0.25, -0.2) is 0 Å². The average molecular weight is 184 g/mol. The van der Waals surface area contributed by atoms with Gasteiger partial charge in [0.15, 0.2) is 0 Å². The number of amides is 1. The monoisotopic (exact) mass is 184 g/mol. The molecule has 0 aliphatic carbocycles. The first-order valence-electron chi connectivity index (χ1n) is 4.67. The second kappa shape index (κ2) is 4.97. The third kappa shape index (κ3) is 3.55. The SMILES string of the molecule is CNC(=O)CCN1CCC(=O)CC1. The fourth-order valence-electron chi connectivity index (χ4n) is 1.41. The molecule has 1 aliphatic heterocycles. The first-order chi connectivity index (χ1) is 6.22. The van der Waals surface area contributed by atoms with Gasteiger partial charge in [-0.3, -0.25) is 9.59 Å². The van der Waals surface area contributed by atoms with Crippen LogP contribution in [-0.4, -0.2) is 43.3 Å². The number of carbonyl (C=O) groups excluding carboxylic acids is 2. The third-order valence-electron chi connectivity index (χ3n) is 2.35. The first kappa shape index (κ1) is 10.2. The maximum atomic E-state index is 10.9. The number of hydrogen-bond acceptors (Lipinski definition) is 3. The van der Waals surface area contributed by atoms with Crippen LogP contribution < -0.4 is 5.32 Å². The Balaban J connectivity index is 2.15. The van der Waals surface area contributed by atoms with Crippen LogP contribution >= 0.6 is 0 Å². The fourth-order valence-corrected chi connectivity index (χ4v) is 1.41. The van der Waals surface area contributed by atoms with Gasteiger partial charge in [0.05, 0.1) is 0 Å². The molecule has 0 unspecified atom stereocenters. The number of piperidine rings is 1. The minimum absolute atomic E-state index is 0.0666. The molecule has 0 aromatic carbocycles. The summed E-state index contributed by atoms with van der Waals surface area (Å²) in [6, 6.07) is 0. The van der Waals surface area contributed by atoms with Crippen molar-refractivity contribution in [3.05, 3.63) is 0 Å². The average Bonchev–Trinajstić information content (AvgIpc) is 2.16. The minimum atomic E-state index is 0.0666. The molecule has 1 saturated heterocycles. The molecule has 0 radical (unpaired) electrons. The summed E-state index contributed by atoms with van der Waals surface area (Å²) >= 11 is 0. The molecule has 0 spiro atoms. The topological polar surface area (TPSA) is 49.4 Å². The molecule has 1 fully saturated rings. The number of ketones is 1. The summed E-state index contributed by atoms with van der Waals surface area (Å²) < 4.78 is 0. The first-order valence-corrected chi connectivity index (χ1v) is 4.67. The molecular formula is C9H16N2O2. The van der Waals surface area contributed by atoms with Crippen molar-refractivity contribution in [3.8, 4) is 0 Å². The van der Waals surface area contributed by atoms with E-state index in [9.17, 15) is 9.59 Å². The lowest BCUT2D eigenvalue weighted by molar-refractivity contribution is -0.122. The molecule has 1 amide bonds. The van der Waals surface area contributed by atoms with Crippen LogP contribution in [-0.2, 0) is 9.59 Å². The number of rotatable bonds is 3. The van der Waals surface area contributed by atoms with Crippen molar-refractivity contribution in [1.29, 1.82) is 0 Å². The largest absolute Gasteiger partial charge is 0.359 e. The van der Waals surface area contributed by atoms with Gasteiger partial charge in [-0.2, -0.15) is 0 Å². The van der Waals surface area contributed by atoms with Crippen molar-refractivity contribution in [2.75, 3.05) is 26.7 Å². The zero-order valence-electron chi connectivity index (χ0n) is 8.01. The molecule has 1 heterocycles. The van der Waals surface area contributed by atoms with Crippen molar-refractivity contribution in [1.82, 2.24) is 10.2 Å². The maximum absolute atomic E-state index is 10.9. The van der Waals surface area contributed by atoms with Crippen LogP contribution in [0.4, 0.5) is 0 Å². The van der Waals surface area contributed by atoms with Crippen molar-refractivity contribution in [2.45, 2.75) is 19.3 Å². The van der Waals surface area contributed by atoms with Gasteiger partial charge in [-0.05, 0) is 0 Å². The third-order valence-corrected chi connectivity index (χ3v) is 2.35. The summed E-state index contributed by atoms with van der Waals surface area (Å²) in [5.41, 5.74) is 0. The fraction of sp³-hybridized carbons (Fsp3) is 0.778. The molecule has 0 atom stereocenters. The molecule has 0 saturated carbocycles. The smallest absolute Gasteiger partial charge is 0.221 e. The number of likely N-dealkylation sites (tertiary alicyclic amines) is 1. The Labute approximate surface area is 78.3 Å². The Bertz CT molecular complexity index is 194. The molecule has 13 heavy (non-hydrogen) atoms. The van der Waals surface area contributed by atoms with Crippen LogP contribution in [0.3, 0.4) is 0 Å². The minimum Gasteiger partial charge on any atom is -0.359 e. The van der Waals surface area contributed by atoms with Gasteiger partial charge in [-0.15, -0.1) is 0 Å². The second-order valence-electron chi connectivity index (χ2n) is 3.30. The molecular weight excluding hydrogens is 168 g/mol. The van der Waals surface area contributed by atoms with E-state index >= 15 is 0 Å². The van der Waals surface area contributed by atoms with E-state index in [0.717, 1.165) is 19.6 Å². The molecule has 1 aliphatic rings. The zero-order valence-corrected chi connectivity index (χ0v) is 8.01. The van der Waals surface area contributed by atoms with Gasteiger partial charge in [0.2, 0.25) is 5.91 Å². The molecule has 1 N–H and O–H groups in total. The normalized spacial score (nSPS) is 18.7. The van der Waals surface area contributed by atoms with Crippen LogP contribution in [0.25, 0.3) is 0 Å². The summed E-state index contributed by atoms with van der Waals surface area (Å²) in [6.45, 7) is 2.40. The van der Waals surface area contributed by atoms with E-state index in [-0.39, 0.29) is 5.91 Å². The van der Waals surface area contributed by atoms with Crippen LogP contribution in [0.15, 0.2) is 0 Å². The van der Waals surface area contributed by atoms with Gasteiger partial charge in [0.1, 0.15) is 5.78 Å². The van der Waals surface area contributed by atoms with Crippen LogP contribution in [0.1, 0.15) is 19.3 Å². The Morgan fingerprint density at radius 2 is 2.08 bits per heavy atom. The summed E-state index contributed by atoms with van der Waals surface area (Å²) in [6.07, 6.45) is 1.83. The van der Waals surface area contributed by atoms with E-state index in [1.54, 1.807) is 7.05 Å². The molecule has 0 aromatic heterocycles. The molecule has 74 valence electrons. The van der Waals surface area contributed by atoms with Crippen molar-refractivity contribution in [2.24, 2.45) is 0 Å². The van der Waals surface area contributed by atoms with Gasteiger partial charge >= 0.3 is 0 Å². The van der Waals surface area contributed by atoms with E-state index in [1.807, 2.05) is 0 Å². The standard InChI is InChI=1S/C9H16N2O2/c1-10-9(13)4-7-11-5-2-8(12)3-6-11/h2-7H2,1H3,(H,10,13). The highest BCUT2D eigenvalue weighted by Crippen LogP contribution is 2.05. The predicted molar refractivity (Wildman–Crippen MR) is 49.4 cm³/mol. The number of nitrogens with zero attached hydrogens (tertiary/aromatic N) is 1. The summed E-state index contributed by atoms with van der Waals surface area (Å²) in [5.74, 6) is 0.410. The van der Waals surface area contributed by atoms with Crippen molar-refractivity contribution in [3.63, 3.8) is 0 Å². The van der Waals surface area contributed by atoms with E-state index in [2.05, 4.69) is 10.2 Å². The van der Waals surface area contributed by atoms with E-state index in [4.69, 9.17) is 0 Å². The lowest BCUT2D eigenvalue weighted by atomic mass is 10.1. The Morgan fingerprint density at radius 3 is 2.62 bits per heavy atom. The zero-order chi connectivity index (χ0) is 9.68. The van der Waals surface area contributed by atoms with Crippen molar-refractivity contribution >= 4 is 11.7 Å². The Morgan fingerprint density at radius 1 is 1.46 bits per heavy atom. The number of hydrogen-bond donors (Lipinski definition) is 1. The molecule has 4 heteroatoms. The van der Waals surface area contributed by atoms with Gasteiger partial charge in [0.25, 0.3) is 0 Å². The van der Waals surface area contributed by atoms with Gasteiger partial charge in [0, 0.05) is 45.9 Å². The van der Waals surface area contributed by atoms with E-state index < -0.39 is 0 Å². The predicted octanol–water partition coefficient (Wildman–Crippen LogP) is -0.213. The number of Topliss-reactive ketones (excluding diaryl/α,β-unsaturated/α-hetero) is 1. The molecule has 4 nitrogen and oxygen atoms in total. The Kier molecular flexibility index (Phi) is 3.89. The molecule has 1 rings (SSSR count). The summed E-state index contributed by atoms with van der Waals surface area (Å²) in [7, 11) is 1.64. The Hall–Kier alpha value is -0.900. The summed E-state index contributed by atoms with van der Waals surface area (Å²) in [4.78, 5) is 24.0. The van der Waals surface area contributed by atoms with E-state index in [1.165, 1.54) is 0 Å². The number of carbonyl (C=O) groups is 2. The maximum Gasteiger partial charge on any atom is 0.221 e. The van der Waals surface area contributed by atoms with E-state index in [0.29, 0.717) is 25.0 Å². The lowest BCUT2D eigenvalue weighted by Gasteiger charge is -2.25. The van der Waals surface area contributed by atoms with Crippen LogP contribution in [0.5, 0.6) is 0 Å². The van der Waals surface area contributed by atoms with Gasteiger partial charge in [-0.1, -0.05) is 0 Å². The quantitative estimate of drug-likeness (QED) is 0.660. The van der Waals surface area contributed by atoms with Crippen LogP contribution in [0.2, 0.25) is 0 Å². The lowest BCUT2D eigenvalue weighted by Crippen LogP contribution is -2.36.